The van der Waals surface area contributed by atoms with E-state index in [4.69, 9.17) is 11.6 Å². The second kappa shape index (κ2) is 6.18. The third-order valence-electron chi connectivity index (χ3n) is 3.33. The maximum Gasteiger partial charge on any atom is 0.241 e. The summed E-state index contributed by atoms with van der Waals surface area (Å²) >= 11 is 6.01. The first-order valence-corrected chi connectivity index (χ1v) is 8.47. The molecular weight excluding hydrogens is 306 g/mol. The topological polar surface area (TPSA) is 46.2 Å². The van der Waals surface area contributed by atoms with Crippen molar-refractivity contribution in [3.8, 4) is 0 Å². The van der Waals surface area contributed by atoms with Gasteiger partial charge in [0.05, 0.1) is 4.90 Å². The molecule has 0 atom stereocenters. The number of rotatable bonds is 4. The molecule has 0 amide bonds. The Morgan fingerprint density at radius 1 is 1.00 bits per heavy atom. The SMILES string of the molecule is Cc1ccc(CNS(=O)(=O)c2cc(C)c(Cl)cc2C)cc1. The normalized spacial score (nSPS) is 11.6. The van der Waals surface area contributed by atoms with Crippen molar-refractivity contribution >= 4 is 21.6 Å². The van der Waals surface area contributed by atoms with Crippen LogP contribution in [0.3, 0.4) is 0 Å². The van der Waals surface area contributed by atoms with Crippen molar-refractivity contribution in [1.29, 1.82) is 0 Å². The molecule has 0 aliphatic heterocycles. The highest BCUT2D eigenvalue weighted by Crippen LogP contribution is 2.23. The van der Waals surface area contributed by atoms with Gasteiger partial charge < -0.3 is 0 Å². The van der Waals surface area contributed by atoms with Crippen molar-refractivity contribution in [1.82, 2.24) is 4.72 Å². The van der Waals surface area contributed by atoms with E-state index in [-0.39, 0.29) is 11.4 Å². The lowest BCUT2D eigenvalue weighted by molar-refractivity contribution is 0.580. The van der Waals surface area contributed by atoms with Gasteiger partial charge in [0.25, 0.3) is 0 Å². The monoisotopic (exact) mass is 323 g/mol. The van der Waals surface area contributed by atoms with E-state index >= 15 is 0 Å². The van der Waals surface area contributed by atoms with Gasteiger partial charge in [-0.15, -0.1) is 0 Å². The van der Waals surface area contributed by atoms with Crippen molar-refractivity contribution in [3.05, 3.63) is 63.7 Å². The Hall–Kier alpha value is -1.36. The van der Waals surface area contributed by atoms with Gasteiger partial charge in [0.2, 0.25) is 10.0 Å². The minimum Gasteiger partial charge on any atom is -0.207 e. The predicted molar refractivity (Wildman–Crippen MR) is 86.1 cm³/mol. The molecule has 2 aromatic carbocycles. The molecule has 0 radical (unpaired) electrons. The smallest absolute Gasteiger partial charge is 0.207 e. The molecule has 0 aliphatic rings. The van der Waals surface area contributed by atoms with Gasteiger partial charge in [0.1, 0.15) is 0 Å². The first-order chi connectivity index (χ1) is 9.79. The second-order valence-electron chi connectivity index (χ2n) is 5.18. The van der Waals surface area contributed by atoms with Gasteiger partial charge in [0.15, 0.2) is 0 Å². The minimum absolute atomic E-state index is 0.268. The van der Waals surface area contributed by atoms with Gasteiger partial charge in [-0.25, -0.2) is 13.1 Å². The molecular formula is C16H18ClNO2S. The third-order valence-corrected chi connectivity index (χ3v) is 5.28. The highest BCUT2D eigenvalue weighted by Gasteiger charge is 2.17. The lowest BCUT2D eigenvalue weighted by Crippen LogP contribution is -2.24. The van der Waals surface area contributed by atoms with Crippen LogP contribution < -0.4 is 4.72 Å². The van der Waals surface area contributed by atoms with Gasteiger partial charge in [-0.3, -0.25) is 0 Å². The quantitative estimate of drug-likeness (QED) is 0.931. The van der Waals surface area contributed by atoms with Crippen LogP contribution in [0.4, 0.5) is 0 Å². The number of hydrogen-bond donors (Lipinski definition) is 1. The molecule has 2 aromatic rings. The highest BCUT2D eigenvalue weighted by molar-refractivity contribution is 7.89. The predicted octanol–water partition coefficient (Wildman–Crippen LogP) is 3.74. The molecule has 0 aliphatic carbocycles. The first kappa shape index (κ1) is 16.0. The molecule has 0 aromatic heterocycles. The van der Waals surface area contributed by atoms with Crippen molar-refractivity contribution in [3.63, 3.8) is 0 Å². The van der Waals surface area contributed by atoms with Crippen LogP contribution in [0.5, 0.6) is 0 Å². The second-order valence-corrected chi connectivity index (χ2v) is 7.32. The first-order valence-electron chi connectivity index (χ1n) is 6.61. The van der Waals surface area contributed by atoms with Crippen LogP contribution in [0.1, 0.15) is 22.3 Å². The van der Waals surface area contributed by atoms with Crippen LogP contribution in [0, 0.1) is 20.8 Å². The maximum absolute atomic E-state index is 12.4. The molecule has 2 rings (SSSR count). The molecule has 0 fully saturated rings. The number of halogens is 1. The van der Waals surface area contributed by atoms with Crippen LogP contribution in [0.2, 0.25) is 5.02 Å². The minimum atomic E-state index is -3.55. The molecule has 3 nitrogen and oxygen atoms in total. The lowest BCUT2D eigenvalue weighted by atomic mass is 10.2. The van der Waals surface area contributed by atoms with Gasteiger partial charge >= 0.3 is 0 Å². The number of hydrogen-bond acceptors (Lipinski definition) is 2. The Balaban J connectivity index is 2.22. The Morgan fingerprint density at radius 2 is 1.62 bits per heavy atom. The molecule has 0 spiro atoms. The highest BCUT2D eigenvalue weighted by atomic mass is 35.5. The van der Waals surface area contributed by atoms with E-state index in [1.54, 1.807) is 26.0 Å². The zero-order valence-corrected chi connectivity index (χ0v) is 13.8. The Labute approximate surface area is 131 Å². The van der Waals surface area contributed by atoms with Gasteiger partial charge in [0, 0.05) is 11.6 Å². The van der Waals surface area contributed by atoms with Crippen LogP contribution in [0.25, 0.3) is 0 Å². The summed E-state index contributed by atoms with van der Waals surface area (Å²) in [7, 11) is -3.55. The Bertz CT molecular complexity index is 753. The largest absolute Gasteiger partial charge is 0.241 e. The van der Waals surface area contributed by atoms with E-state index in [9.17, 15) is 8.42 Å². The average molecular weight is 324 g/mol. The molecule has 1 N–H and O–H groups in total. The van der Waals surface area contributed by atoms with E-state index in [0.29, 0.717) is 10.6 Å². The third kappa shape index (κ3) is 3.84. The Morgan fingerprint density at radius 3 is 2.24 bits per heavy atom. The number of nitrogens with one attached hydrogen (secondary N) is 1. The molecule has 112 valence electrons. The summed E-state index contributed by atoms with van der Waals surface area (Å²) in [5, 5.41) is 0.574. The Kier molecular flexibility index (Phi) is 4.71. The molecule has 0 bridgehead atoms. The van der Waals surface area contributed by atoms with Crippen LogP contribution in [-0.2, 0) is 16.6 Å². The van der Waals surface area contributed by atoms with Crippen LogP contribution in [-0.4, -0.2) is 8.42 Å². The summed E-state index contributed by atoms with van der Waals surface area (Å²) < 4.78 is 27.4. The van der Waals surface area contributed by atoms with E-state index in [1.807, 2.05) is 31.2 Å². The number of sulfonamides is 1. The molecule has 0 saturated heterocycles. The number of benzene rings is 2. The molecule has 21 heavy (non-hydrogen) atoms. The average Bonchev–Trinajstić information content (AvgIpc) is 2.42. The fourth-order valence-electron chi connectivity index (χ4n) is 2.01. The molecule has 0 saturated carbocycles. The van der Waals surface area contributed by atoms with Crippen LogP contribution in [0.15, 0.2) is 41.3 Å². The molecule has 0 heterocycles. The van der Waals surface area contributed by atoms with Crippen molar-refractivity contribution in [2.24, 2.45) is 0 Å². The van der Waals surface area contributed by atoms with Gasteiger partial charge in [-0.05, 0) is 49.6 Å². The lowest BCUT2D eigenvalue weighted by Gasteiger charge is -2.11. The summed E-state index contributed by atoms with van der Waals surface area (Å²) in [6.07, 6.45) is 0. The summed E-state index contributed by atoms with van der Waals surface area (Å²) in [6, 6.07) is 11.0. The van der Waals surface area contributed by atoms with E-state index in [1.165, 1.54) is 0 Å². The van der Waals surface area contributed by atoms with Gasteiger partial charge in [-0.1, -0.05) is 41.4 Å². The fourth-order valence-corrected chi connectivity index (χ4v) is 3.55. The van der Waals surface area contributed by atoms with Gasteiger partial charge in [-0.2, -0.15) is 0 Å². The molecule has 5 heteroatoms. The van der Waals surface area contributed by atoms with E-state index in [0.717, 1.165) is 16.7 Å². The summed E-state index contributed by atoms with van der Waals surface area (Å²) in [6.45, 7) is 5.80. The summed E-state index contributed by atoms with van der Waals surface area (Å²) in [5.41, 5.74) is 3.46. The zero-order chi connectivity index (χ0) is 15.6. The van der Waals surface area contributed by atoms with Crippen molar-refractivity contribution in [2.45, 2.75) is 32.2 Å². The molecule has 0 unspecified atom stereocenters. The van der Waals surface area contributed by atoms with Crippen molar-refractivity contribution < 1.29 is 8.42 Å². The number of aryl methyl sites for hydroxylation is 3. The standard InChI is InChI=1S/C16H18ClNO2S/c1-11-4-6-14(7-5-11)10-18-21(19,20)16-9-12(2)15(17)8-13(16)3/h4-9,18H,10H2,1-3H3. The summed E-state index contributed by atoms with van der Waals surface area (Å²) in [5.74, 6) is 0. The zero-order valence-electron chi connectivity index (χ0n) is 12.3. The van der Waals surface area contributed by atoms with E-state index < -0.39 is 10.0 Å². The summed E-state index contributed by atoms with van der Waals surface area (Å²) in [4.78, 5) is 0.275. The fraction of sp³-hybridized carbons (Fsp3) is 0.250. The van der Waals surface area contributed by atoms with E-state index in [2.05, 4.69) is 4.72 Å². The van der Waals surface area contributed by atoms with Crippen LogP contribution >= 0.6 is 11.6 Å². The maximum atomic E-state index is 12.4. The van der Waals surface area contributed by atoms with Crippen molar-refractivity contribution in [2.75, 3.05) is 0 Å².